The van der Waals surface area contributed by atoms with Crippen molar-refractivity contribution in [3.8, 4) is 0 Å². The van der Waals surface area contributed by atoms with Crippen molar-refractivity contribution < 1.29 is 5.11 Å². The van der Waals surface area contributed by atoms with E-state index >= 15 is 0 Å². The zero-order valence-corrected chi connectivity index (χ0v) is 7.43. The molecule has 0 saturated carbocycles. The minimum Gasteiger partial charge on any atom is -0.393 e. The van der Waals surface area contributed by atoms with Crippen LogP contribution in [0.1, 0.15) is 46.5 Å². The highest BCUT2D eigenvalue weighted by atomic mass is 16.3. The van der Waals surface area contributed by atoms with Crippen LogP contribution < -0.4 is 0 Å². The Morgan fingerprint density at radius 3 is 2.30 bits per heavy atom. The predicted octanol–water partition coefficient (Wildman–Crippen LogP) is 2.58. The molecular formula is C9H20O. The summed E-state index contributed by atoms with van der Waals surface area (Å²) in [4.78, 5) is 0. The van der Waals surface area contributed by atoms with Gasteiger partial charge >= 0.3 is 0 Å². The third-order valence-electron chi connectivity index (χ3n) is 1.79. The van der Waals surface area contributed by atoms with Gasteiger partial charge in [0.25, 0.3) is 0 Å². The van der Waals surface area contributed by atoms with Crippen molar-refractivity contribution in [1.82, 2.24) is 0 Å². The Morgan fingerprint density at radius 1 is 1.30 bits per heavy atom. The van der Waals surface area contributed by atoms with Gasteiger partial charge in [-0.1, -0.05) is 33.1 Å². The highest BCUT2D eigenvalue weighted by molar-refractivity contribution is 4.56. The van der Waals surface area contributed by atoms with Crippen molar-refractivity contribution >= 4 is 0 Å². The lowest BCUT2D eigenvalue weighted by atomic mass is 9.98. The summed E-state index contributed by atoms with van der Waals surface area (Å²) in [7, 11) is 0. The number of rotatable bonds is 5. The maximum atomic E-state index is 9.02. The average Bonchev–Trinajstić information content (AvgIpc) is 1.82. The molecule has 0 radical (unpaired) electrons. The molecule has 0 bridgehead atoms. The summed E-state index contributed by atoms with van der Waals surface area (Å²) in [5, 5.41) is 9.02. The molecule has 10 heavy (non-hydrogen) atoms. The molecule has 0 aromatic carbocycles. The Hall–Kier alpha value is -0.0400. The second-order valence-corrected chi connectivity index (χ2v) is 3.33. The van der Waals surface area contributed by atoms with E-state index < -0.39 is 0 Å². The standard InChI is InChI=1S/C9H20O/c1-4-5-6-8(2)7-9(3)10/h8-10H,4-7H2,1-3H3/t8?,9-/m0/s1. The van der Waals surface area contributed by atoms with Crippen LogP contribution in [0.15, 0.2) is 0 Å². The second kappa shape index (κ2) is 5.72. The summed E-state index contributed by atoms with van der Waals surface area (Å²) in [5.74, 6) is 0.694. The van der Waals surface area contributed by atoms with Gasteiger partial charge in [0.05, 0.1) is 6.10 Å². The van der Waals surface area contributed by atoms with Crippen molar-refractivity contribution in [2.45, 2.75) is 52.6 Å². The van der Waals surface area contributed by atoms with Crippen molar-refractivity contribution in [3.63, 3.8) is 0 Å². The smallest absolute Gasteiger partial charge is 0.0514 e. The molecule has 1 nitrogen and oxygen atoms in total. The quantitative estimate of drug-likeness (QED) is 0.628. The van der Waals surface area contributed by atoms with Crippen LogP contribution in [0, 0.1) is 5.92 Å². The van der Waals surface area contributed by atoms with Crippen LogP contribution in [-0.4, -0.2) is 11.2 Å². The van der Waals surface area contributed by atoms with Crippen molar-refractivity contribution in [3.05, 3.63) is 0 Å². The van der Waals surface area contributed by atoms with E-state index in [4.69, 9.17) is 5.11 Å². The van der Waals surface area contributed by atoms with Gasteiger partial charge in [-0.05, 0) is 19.3 Å². The van der Waals surface area contributed by atoms with E-state index in [9.17, 15) is 0 Å². The van der Waals surface area contributed by atoms with E-state index in [1.165, 1.54) is 19.3 Å². The zero-order valence-electron chi connectivity index (χ0n) is 7.43. The first-order valence-electron chi connectivity index (χ1n) is 4.34. The Bertz CT molecular complexity index is 69.1. The van der Waals surface area contributed by atoms with Gasteiger partial charge in [-0.15, -0.1) is 0 Å². The molecule has 0 saturated heterocycles. The Morgan fingerprint density at radius 2 is 1.90 bits per heavy atom. The third kappa shape index (κ3) is 6.09. The SMILES string of the molecule is CCCCC(C)C[C@H](C)O. The first kappa shape index (κ1) is 9.96. The summed E-state index contributed by atoms with van der Waals surface area (Å²) in [6, 6.07) is 0. The monoisotopic (exact) mass is 144 g/mol. The number of unbranched alkanes of at least 4 members (excludes halogenated alkanes) is 1. The van der Waals surface area contributed by atoms with E-state index in [0.29, 0.717) is 5.92 Å². The molecule has 0 aromatic heterocycles. The average molecular weight is 144 g/mol. The van der Waals surface area contributed by atoms with E-state index in [0.717, 1.165) is 6.42 Å². The first-order chi connectivity index (χ1) is 4.66. The Labute approximate surface area is 64.5 Å². The van der Waals surface area contributed by atoms with Crippen LogP contribution >= 0.6 is 0 Å². The van der Waals surface area contributed by atoms with E-state index in [1.54, 1.807) is 0 Å². The fourth-order valence-electron chi connectivity index (χ4n) is 1.25. The van der Waals surface area contributed by atoms with Gasteiger partial charge < -0.3 is 5.11 Å². The van der Waals surface area contributed by atoms with Crippen LogP contribution in [-0.2, 0) is 0 Å². The number of aliphatic hydroxyl groups is 1. The van der Waals surface area contributed by atoms with Gasteiger partial charge in [-0.3, -0.25) is 0 Å². The van der Waals surface area contributed by atoms with Gasteiger partial charge in [-0.25, -0.2) is 0 Å². The molecule has 0 amide bonds. The Kier molecular flexibility index (Phi) is 5.70. The zero-order chi connectivity index (χ0) is 7.98. The van der Waals surface area contributed by atoms with Crippen LogP contribution in [0.5, 0.6) is 0 Å². The molecule has 0 aliphatic heterocycles. The van der Waals surface area contributed by atoms with Crippen LogP contribution in [0.25, 0.3) is 0 Å². The van der Waals surface area contributed by atoms with Gasteiger partial charge in [0.2, 0.25) is 0 Å². The van der Waals surface area contributed by atoms with Crippen molar-refractivity contribution in [2.75, 3.05) is 0 Å². The molecular weight excluding hydrogens is 124 g/mol. The summed E-state index contributed by atoms with van der Waals surface area (Å²) in [6.45, 7) is 6.28. The molecule has 62 valence electrons. The van der Waals surface area contributed by atoms with E-state index in [1.807, 2.05) is 6.92 Å². The topological polar surface area (TPSA) is 20.2 Å². The number of aliphatic hydroxyl groups excluding tert-OH is 1. The van der Waals surface area contributed by atoms with Gasteiger partial charge in [0, 0.05) is 0 Å². The molecule has 2 atom stereocenters. The van der Waals surface area contributed by atoms with Crippen molar-refractivity contribution in [1.29, 1.82) is 0 Å². The van der Waals surface area contributed by atoms with E-state index in [2.05, 4.69) is 13.8 Å². The molecule has 1 heteroatoms. The molecule has 0 rings (SSSR count). The molecule has 0 aliphatic carbocycles. The maximum Gasteiger partial charge on any atom is 0.0514 e. The van der Waals surface area contributed by atoms with Crippen LogP contribution in [0.2, 0.25) is 0 Å². The largest absolute Gasteiger partial charge is 0.393 e. The minimum absolute atomic E-state index is 0.119. The summed E-state index contributed by atoms with van der Waals surface area (Å²) < 4.78 is 0. The van der Waals surface area contributed by atoms with E-state index in [-0.39, 0.29) is 6.10 Å². The number of hydrogen-bond acceptors (Lipinski definition) is 1. The summed E-state index contributed by atoms with van der Waals surface area (Å²) in [6.07, 6.45) is 4.67. The lowest BCUT2D eigenvalue weighted by molar-refractivity contribution is 0.161. The maximum absolute atomic E-state index is 9.02. The molecule has 0 fully saturated rings. The molecule has 1 N–H and O–H groups in total. The first-order valence-corrected chi connectivity index (χ1v) is 4.34. The van der Waals surface area contributed by atoms with Crippen LogP contribution in [0.3, 0.4) is 0 Å². The Balaban J connectivity index is 3.16. The second-order valence-electron chi connectivity index (χ2n) is 3.33. The molecule has 1 unspecified atom stereocenters. The normalized spacial score (nSPS) is 16.8. The summed E-state index contributed by atoms with van der Waals surface area (Å²) >= 11 is 0. The highest BCUT2D eigenvalue weighted by Gasteiger charge is 2.04. The fraction of sp³-hybridized carbons (Fsp3) is 1.00. The number of hydrogen-bond donors (Lipinski definition) is 1. The van der Waals surface area contributed by atoms with Crippen molar-refractivity contribution in [2.24, 2.45) is 5.92 Å². The lowest BCUT2D eigenvalue weighted by Gasteiger charge is -2.11. The fourth-order valence-corrected chi connectivity index (χ4v) is 1.25. The van der Waals surface area contributed by atoms with Gasteiger partial charge in [0.15, 0.2) is 0 Å². The summed E-state index contributed by atoms with van der Waals surface area (Å²) in [5.41, 5.74) is 0. The highest BCUT2D eigenvalue weighted by Crippen LogP contribution is 2.13. The predicted molar refractivity (Wildman–Crippen MR) is 45.0 cm³/mol. The molecule has 0 heterocycles. The molecule has 0 spiro atoms. The van der Waals surface area contributed by atoms with Crippen LogP contribution in [0.4, 0.5) is 0 Å². The minimum atomic E-state index is -0.119. The van der Waals surface area contributed by atoms with Gasteiger partial charge in [0.1, 0.15) is 0 Å². The van der Waals surface area contributed by atoms with Gasteiger partial charge in [-0.2, -0.15) is 0 Å². The molecule has 0 aromatic rings. The molecule has 0 aliphatic rings. The third-order valence-corrected chi connectivity index (χ3v) is 1.79. The lowest BCUT2D eigenvalue weighted by Crippen LogP contribution is -2.06.